The van der Waals surface area contributed by atoms with Crippen LogP contribution >= 0.6 is 15.9 Å². The van der Waals surface area contributed by atoms with Crippen LogP contribution in [0.3, 0.4) is 0 Å². The zero-order valence-corrected chi connectivity index (χ0v) is 12.5. The van der Waals surface area contributed by atoms with Gasteiger partial charge >= 0.3 is 6.01 Å². The molecule has 8 heteroatoms. The number of amides is 1. The lowest BCUT2D eigenvalue weighted by Gasteiger charge is -2.04. The molecule has 0 spiro atoms. The average Bonchev–Trinajstić information content (AvgIpc) is 3.11. The molecular weight excluding hydrogens is 343 g/mol. The van der Waals surface area contributed by atoms with Crippen LogP contribution in [0.5, 0.6) is 0 Å². The van der Waals surface area contributed by atoms with Crippen LogP contribution in [-0.4, -0.2) is 22.6 Å². The molecule has 1 aliphatic rings. The molecule has 3 rings (SSSR count). The third-order valence-corrected chi connectivity index (χ3v) is 3.88. The third kappa shape index (κ3) is 3.11. The Morgan fingerprint density at radius 1 is 1.48 bits per heavy atom. The van der Waals surface area contributed by atoms with Crippen molar-refractivity contribution in [2.45, 2.75) is 18.9 Å². The van der Waals surface area contributed by atoms with Gasteiger partial charge in [0.25, 0.3) is 5.91 Å². The Morgan fingerprint density at radius 3 is 3.10 bits per heavy atom. The Hall–Kier alpha value is -1.80. The van der Waals surface area contributed by atoms with Gasteiger partial charge in [-0.1, -0.05) is 5.10 Å². The first kappa shape index (κ1) is 14.2. The number of anilines is 1. The maximum Gasteiger partial charge on any atom is 0.322 e. The molecule has 0 saturated carbocycles. The lowest BCUT2D eigenvalue weighted by Crippen LogP contribution is -2.13. The normalized spacial score (nSPS) is 17.9. The van der Waals surface area contributed by atoms with E-state index in [1.807, 2.05) is 0 Å². The van der Waals surface area contributed by atoms with Crippen LogP contribution in [0.25, 0.3) is 0 Å². The fourth-order valence-corrected chi connectivity index (χ4v) is 2.58. The van der Waals surface area contributed by atoms with Gasteiger partial charge in [0.2, 0.25) is 5.89 Å². The van der Waals surface area contributed by atoms with Crippen LogP contribution in [0, 0.1) is 5.82 Å². The van der Waals surface area contributed by atoms with Crippen LogP contribution in [-0.2, 0) is 0 Å². The van der Waals surface area contributed by atoms with E-state index in [1.54, 1.807) is 0 Å². The summed E-state index contributed by atoms with van der Waals surface area (Å²) in [5.74, 6) is -0.568. The molecule has 1 saturated heterocycles. The van der Waals surface area contributed by atoms with Crippen molar-refractivity contribution in [3.8, 4) is 0 Å². The van der Waals surface area contributed by atoms with Gasteiger partial charge in [-0.25, -0.2) is 4.39 Å². The minimum Gasteiger partial charge on any atom is -0.406 e. The largest absolute Gasteiger partial charge is 0.406 e. The van der Waals surface area contributed by atoms with Gasteiger partial charge in [-0.15, -0.1) is 5.10 Å². The maximum absolute atomic E-state index is 13.2. The summed E-state index contributed by atoms with van der Waals surface area (Å²) in [6.07, 6.45) is 1.97. The fourth-order valence-electron chi connectivity index (χ4n) is 2.16. The van der Waals surface area contributed by atoms with Crippen molar-refractivity contribution in [1.82, 2.24) is 15.5 Å². The predicted octanol–water partition coefficient (Wildman–Crippen LogP) is 2.65. The van der Waals surface area contributed by atoms with E-state index in [9.17, 15) is 9.18 Å². The van der Waals surface area contributed by atoms with Crippen molar-refractivity contribution < 1.29 is 13.6 Å². The number of rotatable bonds is 3. The van der Waals surface area contributed by atoms with E-state index in [2.05, 4.69) is 36.8 Å². The molecular formula is C13H12BrFN4O2. The SMILES string of the molecule is O=C(Nc1nnc(C2CCCN2)o1)c1cc(F)ccc1Br. The molecule has 1 atom stereocenters. The number of nitrogens with one attached hydrogen (secondary N) is 2. The highest BCUT2D eigenvalue weighted by molar-refractivity contribution is 9.10. The van der Waals surface area contributed by atoms with Crippen molar-refractivity contribution in [2.75, 3.05) is 11.9 Å². The second-order valence-electron chi connectivity index (χ2n) is 4.67. The van der Waals surface area contributed by atoms with Crippen LogP contribution in [0.2, 0.25) is 0 Å². The summed E-state index contributed by atoms with van der Waals surface area (Å²) in [4.78, 5) is 12.1. The van der Waals surface area contributed by atoms with E-state index in [0.29, 0.717) is 10.4 Å². The zero-order valence-electron chi connectivity index (χ0n) is 10.9. The minimum atomic E-state index is -0.518. The van der Waals surface area contributed by atoms with E-state index in [1.165, 1.54) is 12.1 Å². The standard InChI is InChI=1S/C13H12BrFN4O2/c14-9-4-3-7(15)6-8(9)11(20)17-13-19-18-12(21-13)10-2-1-5-16-10/h3-4,6,10,16H,1-2,5H2,(H,17,19,20). The highest BCUT2D eigenvalue weighted by atomic mass is 79.9. The molecule has 6 nitrogen and oxygen atoms in total. The Labute approximate surface area is 128 Å². The molecule has 2 aromatic rings. The van der Waals surface area contributed by atoms with Crippen LogP contribution in [0.15, 0.2) is 27.1 Å². The third-order valence-electron chi connectivity index (χ3n) is 3.19. The summed E-state index contributed by atoms with van der Waals surface area (Å²) < 4.78 is 19.1. The molecule has 110 valence electrons. The van der Waals surface area contributed by atoms with E-state index in [0.717, 1.165) is 25.5 Å². The first-order valence-corrected chi connectivity index (χ1v) is 7.26. The Morgan fingerprint density at radius 2 is 2.33 bits per heavy atom. The molecule has 1 aliphatic heterocycles. The fraction of sp³-hybridized carbons (Fsp3) is 0.308. The number of carbonyl (C=O) groups excluding carboxylic acids is 1. The van der Waals surface area contributed by atoms with Crippen molar-refractivity contribution in [1.29, 1.82) is 0 Å². The number of hydrogen-bond donors (Lipinski definition) is 2. The van der Waals surface area contributed by atoms with Gasteiger partial charge in [-0.05, 0) is 53.5 Å². The summed E-state index contributed by atoms with van der Waals surface area (Å²) in [6.45, 7) is 0.908. The second-order valence-corrected chi connectivity index (χ2v) is 5.53. The first-order chi connectivity index (χ1) is 10.1. The number of carbonyl (C=O) groups is 1. The summed E-state index contributed by atoms with van der Waals surface area (Å²) in [5, 5.41) is 13.4. The van der Waals surface area contributed by atoms with E-state index in [-0.39, 0.29) is 17.6 Å². The summed E-state index contributed by atoms with van der Waals surface area (Å²) >= 11 is 3.20. The maximum atomic E-state index is 13.2. The lowest BCUT2D eigenvalue weighted by atomic mass is 10.2. The van der Waals surface area contributed by atoms with Crippen molar-refractivity contribution >= 4 is 27.9 Å². The molecule has 2 heterocycles. The summed E-state index contributed by atoms with van der Waals surface area (Å²) in [6, 6.07) is 3.89. The molecule has 2 N–H and O–H groups in total. The van der Waals surface area contributed by atoms with Gasteiger partial charge in [0.05, 0.1) is 11.6 Å². The monoisotopic (exact) mass is 354 g/mol. The molecule has 21 heavy (non-hydrogen) atoms. The van der Waals surface area contributed by atoms with E-state index >= 15 is 0 Å². The quantitative estimate of drug-likeness (QED) is 0.885. The van der Waals surface area contributed by atoms with Gasteiger partial charge in [-0.2, -0.15) is 0 Å². The molecule has 1 fully saturated rings. The lowest BCUT2D eigenvalue weighted by molar-refractivity contribution is 0.102. The average molecular weight is 355 g/mol. The summed E-state index contributed by atoms with van der Waals surface area (Å²) in [5.41, 5.74) is 0.161. The first-order valence-electron chi connectivity index (χ1n) is 6.46. The topological polar surface area (TPSA) is 80.0 Å². The van der Waals surface area contributed by atoms with E-state index in [4.69, 9.17) is 4.42 Å². The van der Waals surface area contributed by atoms with Crippen molar-refractivity contribution in [2.24, 2.45) is 0 Å². The van der Waals surface area contributed by atoms with Crippen LogP contribution < -0.4 is 10.6 Å². The van der Waals surface area contributed by atoms with Crippen LogP contribution in [0.1, 0.15) is 35.1 Å². The molecule has 0 bridgehead atoms. The minimum absolute atomic E-state index is 0.000128. The highest BCUT2D eigenvalue weighted by Gasteiger charge is 2.23. The highest BCUT2D eigenvalue weighted by Crippen LogP contribution is 2.24. The van der Waals surface area contributed by atoms with Crippen molar-refractivity contribution in [3.05, 3.63) is 39.9 Å². The summed E-state index contributed by atoms with van der Waals surface area (Å²) in [7, 11) is 0. The molecule has 1 aromatic carbocycles. The molecule has 1 amide bonds. The Bertz CT molecular complexity index is 670. The molecule has 0 aliphatic carbocycles. The van der Waals surface area contributed by atoms with Crippen LogP contribution in [0.4, 0.5) is 10.4 Å². The second kappa shape index (κ2) is 5.90. The Kier molecular flexibility index (Phi) is 3.98. The van der Waals surface area contributed by atoms with Gasteiger partial charge in [0.1, 0.15) is 5.82 Å². The smallest absolute Gasteiger partial charge is 0.322 e. The van der Waals surface area contributed by atoms with Crippen molar-refractivity contribution in [3.63, 3.8) is 0 Å². The molecule has 1 aromatic heterocycles. The number of benzene rings is 1. The number of aromatic nitrogens is 2. The van der Waals surface area contributed by atoms with E-state index < -0.39 is 11.7 Å². The molecule has 1 unspecified atom stereocenters. The Balaban J connectivity index is 1.74. The zero-order chi connectivity index (χ0) is 14.8. The number of halogens is 2. The van der Waals surface area contributed by atoms with Gasteiger partial charge in [-0.3, -0.25) is 10.1 Å². The predicted molar refractivity (Wildman–Crippen MR) is 76.3 cm³/mol. The van der Waals surface area contributed by atoms with Gasteiger partial charge in [0, 0.05) is 4.47 Å². The molecule has 0 radical (unpaired) electrons. The van der Waals surface area contributed by atoms with Gasteiger partial charge in [0.15, 0.2) is 0 Å². The number of hydrogen-bond acceptors (Lipinski definition) is 5. The van der Waals surface area contributed by atoms with Gasteiger partial charge < -0.3 is 9.73 Å². The number of nitrogens with zero attached hydrogens (tertiary/aromatic N) is 2.